The molecule has 9 rings (SSSR count). The third-order valence-corrected chi connectivity index (χ3v) is 11.3. The Balaban J connectivity index is 1.39. The zero-order valence-electron chi connectivity index (χ0n) is 33.6. The Hall–Kier alpha value is -6.60. The summed E-state index contributed by atoms with van der Waals surface area (Å²) >= 11 is 0. The minimum Gasteiger partial charge on any atom is -0.392 e. The van der Waals surface area contributed by atoms with Gasteiger partial charge in [0.1, 0.15) is 0 Å². The second-order valence-corrected chi connectivity index (χ2v) is 15.6. The van der Waals surface area contributed by atoms with Crippen molar-refractivity contribution in [3.05, 3.63) is 211 Å². The van der Waals surface area contributed by atoms with E-state index in [1.54, 1.807) is 0 Å². The lowest BCUT2D eigenvalue weighted by Crippen LogP contribution is -2.06. The summed E-state index contributed by atoms with van der Waals surface area (Å²) in [5, 5.41) is 19.8. The highest BCUT2D eigenvalue weighted by Crippen LogP contribution is 2.41. The van der Waals surface area contributed by atoms with Crippen LogP contribution in [0.4, 0.5) is 0 Å². The largest absolute Gasteiger partial charge is 0.392 e. The normalized spacial score (nSPS) is 17.0. The van der Waals surface area contributed by atoms with Gasteiger partial charge in [-0.2, -0.15) is 0 Å². The third kappa shape index (κ3) is 6.50. The maximum Gasteiger partial charge on any atom is 0.0738 e. The van der Waals surface area contributed by atoms with Crippen molar-refractivity contribution < 1.29 is 10.2 Å². The van der Waals surface area contributed by atoms with Gasteiger partial charge in [0, 0.05) is 22.3 Å². The molecule has 5 aliphatic rings. The van der Waals surface area contributed by atoms with Crippen molar-refractivity contribution in [2.75, 3.05) is 0 Å². The standard InChI is InChI=1S/C52H44N4O2/c1-29-23-31(3)47(32(4)24-29)51-43-19-15-39(53-43)49(37-11-7-35(27-57)8-12-37)41-17-21-45(55-41)52(48-33(5)25-30(2)26-34(48)6)46-22-18-42(56-46)50(40-16-20-44(51)54-40)38-13-9-36(28-58)10-14-38/h7-26,57-58H,27-28H2,1-6H3. The van der Waals surface area contributed by atoms with Gasteiger partial charge in [0.25, 0.3) is 0 Å². The van der Waals surface area contributed by atoms with Crippen LogP contribution in [-0.4, -0.2) is 33.1 Å². The number of hydrogen-bond acceptors (Lipinski definition) is 6. The van der Waals surface area contributed by atoms with E-state index in [1.807, 2.05) is 48.5 Å². The number of rotatable bonds is 6. The molecule has 0 amide bonds. The molecule has 6 nitrogen and oxygen atoms in total. The highest BCUT2D eigenvalue weighted by molar-refractivity contribution is 6.40. The molecule has 0 saturated heterocycles. The number of benzene rings is 4. The molecule has 8 bridgehead atoms. The predicted octanol–water partition coefficient (Wildman–Crippen LogP) is 10.5. The molecule has 0 atom stereocenters. The summed E-state index contributed by atoms with van der Waals surface area (Å²) in [5.41, 5.74) is 23.0. The van der Waals surface area contributed by atoms with E-state index in [1.165, 1.54) is 11.1 Å². The lowest BCUT2D eigenvalue weighted by molar-refractivity contribution is 0.281. The van der Waals surface area contributed by atoms with E-state index in [0.29, 0.717) is 0 Å². The van der Waals surface area contributed by atoms with Crippen LogP contribution < -0.4 is 0 Å². The molecule has 6 heteroatoms. The van der Waals surface area contributed by atoms with Gasteiger partial charge in [0.2, 0.25) is 0 Å². The molecule has 0 saturated carbocycles. The van der Waals surface area contributed by atoms with Crippen LogP contribution in [0.25, 0.3) is 22.3 Å². The first-order valence-electron chi connectivity index (χ1n) is 19.7. The van der Waals surface area contributed by atoms with Crippen molar-refractivity contribution in [1.29, 1.82) is 0 Å². The molecule has 4 aromatic carbocycles. The summed E-state index contributed by atoms with van der Waals surface area (Å²) < 4.78 is 0. The number of aliphatic hydroxyl groups excluding tert-OH is 2. The average molecular weight is 757 g/mol. The molecular weight excluding hydrogens is 713 g/mol. The van der Waals surface area contributed by atoms with Crippen LogP contribution >= 0.6 is 0 Å². The number of aliphatic hydroxyl groups is 2. The summed E-state index contributed by atoms with van der Waals surface area (Å²) in [5.74, 6) is 0. The third-order valence-electron chi connectivity index (χ3n) is 11.3. The molecule has 0 aliphatic carbocycles. The van der Waals surface area contributed by atoms with Gasteiger partial charge in [-0.05, 0) is 146 Å². The van der Waals surface area contributed by atoms with Crippen molar-refractivity contribution in [3.8, 4) is 0 Å². The fourth-order valence-corrected chi connectivity index (χ4v) is 8.89. The molecule has 0 spiro atoms. The Morgan fingerprint density at radius 1 is 0.362 bits per heavy atom. The van der Waals surface area contributed by atoms with E-state index in [-0.39, 0.29) is 13.2 Å². The predicted molar refractivity (Wildman–Crippen MR) is 240 cm³/mol. The topological polar surface area (TPSA) is 89.9 Å². The fourth-order valence-electron chi connectivity index (χ4n) is 8.89. The Morgan fingerprint density at radius 2 is 0.638 bits per heavy atom. The number of aliphatic imine (C=N–C) groups is 4. The van der Waals surface area contributed by atoms with Crippen LogP contribution in [-0.2, 0) is 13.2 Å². The first kappa shape index (κ1) is 37.0. The van der Waals surface area contributed by atoms with E-state index in [4.69, 9.17) is 20.0 Å². The highest BCUT2D eigenvalue weighted by Gasteiger charge is 2.29. The molecule has 284 valence electrons. The number of aryl methyl sites for hydroxylation is 6. The monoisotopic (exact) mass is 756 g/mol. The second-order valence-electron chi connectivity index (χ2n) is 15.6. The van der Waals surface area contributed by atoms with Crippen molar-refractivity contribution in [2.24, 2.45) is 20.0 Å². The van der Waals surface area contributed by atoms with Crippen LogP contribution in [0, 0.1) is 41.5 Å². The van der Waals surface area contributed by atoms with E-state index < -0.39 is 0 Å². The summed E-state index contributed by atoms with van der Waals surface area (Å²) in [4.78, 5) is 21.8. The Labute approximate surface area is 339 Å². The smallest absolute Gasteiger partial charge is 0.0738 e. The lowest BCUT2D eigenvalue weighted by Gasteiger charge is -2.17. The number of hydrogen-bond donors (Lipinski definition) is 2. The Bertz CT molecular complexity index is 2610. The van der Waals surface area contributed by atoms with E-state index in [9.17, 15) is 10.2 Å². The molecule has 5 heterocycles. The Morgan fingerprint density at radius 3 is 0.931 bits per heavy atom. The van der Waals surface area contributed by atoms with Gasteiger partial charge in [-0.1, -0.05) is 83.9 Å². The quantitative estimate of drug-likeness (QED) is 0.205. The van der Waals surface area contributed by atoms with Crippen LogP contribution in [0.2, 0.25) is 0 Å². The summed E-state index contributed by atoms with van der Waals surface area (Å²) in [6.07, 6.45) is 16.7. The van der Waals surface area contributed by atoms with Crippen molar-refractivity contribution >= 4 is 45.1 Å². The van der Waals surface area contributed by atoms with Crippen LogP contribution in [0.15, 0.2) is 164 Å². The fraction of sp³-hybridized carbons (Fsp3) is 0.154. The second kappa shape index (κ2) is 14.7. The van der Waals surface area contributed by atoms with Crippen molar-refractivity contribution in [3.63, 3.8) is 0 Å². The van der Waals surface area contributed by atoms with Crippen LogP contribution in [0.1, 0.15) is 66.8 Å². The van der Waals surface area contributed by atoms with Crippen molar-refractivity contribution in [1.82, 2.24) is 0 Å². The van der Waals surface area contributed by atoms with E-state index in [2.05, 4.69) is 114 Å². The zero-order chi connectivity index (χ0) is 40.2. The van der Waals surface area contributed by atoms with Gasteiger partial charge in [-0.3, -0.25) is 0 Å². The van der Waals surface area contributed by atoms with Crippen molar-refractivity contribution in [2.45, 2.75) is 54.8 Å². The maximum absolute atomic E-state index is 9.92. The first-order chi connectivity index (χ1) is 28.1. The van der Waals surface area contributed by atoms with E-state index in [0.717, 1.165) is 124 Å². The van der Waals surface area contributed by atoms with Gasteiger partial charge in [0.05, 0.1) is 58.8 Å². The van der Waals surface area contributed by atoms with Crippen LogP contribution in [0.3, 0.4) is 0 Å². The summed E-state index contributed by atoms with van der Waals surface area (Å²) in [7, 11) is 0. The number of allylic oxidation sites excluding steroid dienone is 12. The van der Waals surface area contributed by atoms with Gasteiger partial charge in [0.15, 0.2) is 0 Å². The molecule has 0 unspecified atom stereocenters. The average Bonchev–Trinajstić information content (AvgIpc) is 4.05. The molecule has 0 fully saturated rings. The van der Waals surface area contributed by atoms with Gasteiger partial charge >= 0.3 is 0 Å². The Kier molecular flexibility index (Phi) is 9.39. The molecule has 2 N–H and O–H groups in total. The molecule has 0 radical (unpaired) electrons. The molecule has 4 aromatic rings. The number of nitrogens with zero attached hydrogens (tertiary/aromatic N) is 4. The number of fused-ring (bicyclic) bond motifs is 4. The minimum absolute atomic E-state index is 0.0370. The minimum atomic E-state index is -0.0370. The molecule has 0 aromatic heterocycles. The van der Waals surface area contributed by atoms with Crippen LogP contribution in [0.5, 0.6) is 0 Å². The maximum atomic E-state index is 9.92. The summed E-state index contributed by atoms with van der Waals surface area (Å²) in [6, 6.07) is 24.9. The van der Waals surface area contributed by atoms with Gasteiger partial charge in [-0.15, -0.1) is 0 Å². The SMILES string of the molecule is Cc1cc(C)c(C2=C3C=CC(=N3)C(c3ccc(CO)cc3)=C3C=CC(=N3)C(c3c(C)cc(C)cc3C)=C3C=CC(=N3)C(c3ccc(CO)cc3)=C3C=CC2=N3)c(C)c1. The first-order valence-corrected chi connectivity index (χ1v) is 19.7. The molecular formula is C52H44N4O2. The molecule has 58 heavy (non-hydrogen) atoms. The molecule has 5 aliphatic heterocycles. The van der Waals surface area contributed by atoms with E-state index >= 15 is 0 Å². The highest BCUT2D eigenvalue weighted by atomic mass is 16.3. The zero-order valence-corrected chi connectivity index (χ0v) is 33.6. The lowest BCUT2D eigenvalue weighted by atomic mass is 9.90. The van der Waals surface area contributed by atoms with Gasteiger partial charge < -0.3 is 10.2 Å². The summed E-state index contributed by atoms with van der Waals surface area (Å²) in [6.45, 7) is 12.8. The van der Waals surface area contributed by atoms with Gasteiger partial charge in [-0.25, -0.2) is 20.0 Å².